The quantitative estimate of drug-likeness (QED) is 0.639. The average Bonchev–Trinajstić information content (AvgIpc) is 2.56. The van der Waals surface area contributed by atoms with Gasteiger partial charge in [0.25, 0.3) is 5.91 Å². The van der Waals surface area contributed by atoms with E-state index in [2.05, 4.69) is 12.2 Å². The van der Waals surface area contributed by atoms with Crippen molar-refractivity contribution in [2.75, 3.05) is 5.75 Å². The van der Waals surface area contributed by atoms with Gasteiger partial charge in [0.15, 0.2) is 6.10 Å². The van der Waals surface area contributed by atoms with Crippen molar-refractivity contribution in [3.8, 4) is 0 Å². The second-order valence-electron chi connectivity index (χ2n) is 6.11. The Labute approximate surface area is 142 Å². The van der Waals surface area contributed by atoms with Crippen LogP contribution in [0, 0.1) is 5.92 Å². The Hall–Kier alpha value is -1.49. The van der Waals surface area contributed by atoms with Gasteiger partial charge in [-0.05, 0) is 37.8 Å². The van der Waals surface area contributed by atoms with Gasteiger partial charge in [-0.1, -0.05) is 38.0 Å². The highest BCUT2D eigenvalue weighted by Gasteiger charge is 2.26. The Bertz CT molecular complexity index is 520. The SMILES string of the molecule is C[C@@H]1CCCC[C@@H]1NC(=O)[C@@H](C)OC(=O)CSc1ccccc1. The molecule has 0 heterocycles. The van der Waals surface area contributed by atoms with E-state index < -0.39 is 6.10 Å². The van der Waals surface area contributed by atoms with Crippen LogP contribution in [0.15, 0.2) is 35.2 Å². The fourth-order valence-electron chi connectivity index (χ4n) is 2.77. The molecule has 1 N–H and O–H groups in total. The lowest BCUT2D eigenvalue weighted by Crippen LogP contribution is -2.46. The molecule has 4 nitrogen and oxygen atoms in total. The molecule has 0 saturated heterocycles. The van der Waals surface area contributed by atoms with Gasteiger partial charge in [-0.25, -0.2) is 0 Å². The zero-order valence-electron chi connectivity index (χ0n) is 13.8. The molecule has 1 fully saturated rings. The summed E-state index contributed by atoms with van der Waals surface area (Å²) in [6.45, 7) is 3.80. The lowest BCUT2D eigenvalue weighted by Gasteiger charge is -2.30. The molecule has 23 heavy (non-hydrogen) atoms. The molecule has 2 rings (SSSR count). The minimum Gasteiger partial charge on any atom is -0.452 e. The number of rotatable bonds is 6. The number of amides is 1. The van der Waals surface area contributed by atoms with Crippen LogP contribution in [0.2, 0.25) is 0 Å². The number of hydrogen-bond donors (Lipinski definition) is 1. The van der Waals surface area contributed by atoms with Gasteiger partial charge in [-0.3, -0.25) is 9.59 Å². The Kier molecular flexibility index (Phi) is 6.96. The molecule has 1 aliphatic carbocycles. The molecule has 1 saturated carbocycles. The van der Waals surface area contributed by atoms with Crippen LogP contribution in [-0.4, -0.2) is 29.8 Å². The van der Waals surface area contributed by atoms with Crippen LogP contribution in [0.5, 0.6) is 0 Å². The lowest BCUT2D eigenvalue weighted by molar-refractivity contribution is -0.152. The summed E-state index contributed by atoms with van der Waals surface area (Å²) >= 11 is 1.41. The normalized spacial score (nSPS) is 22.2. The van der Waals surface area contributed by atoms with Crippen LogP contribution in [0.25, 0.3) is 0 Å². The predicted octanol–water partition coefficient (Wildman–Crippen LogP) is 3.41. The van der Waals surface area contributed by atoms with Crippen LogP contribution in [-0.2, 0) is 14.3 Å². The highest BCUT2D eigenvalue weighted by atomic mass is 32.2. The van der Waals surface area contributed by atoms with Gasteiger partial charge in [0, 0.05) is 10.9 Å². The van der Waals surface area contributed by atoms with Gasteiger partial charge in [0.1, 0.15) is 0 Å². The topological polar surface area (TPSA) is 55.4 Å². The highest BCUT2D eigenvalue weighted by Crippen LogP contribution is 2.24. The molecule has 1 aromatic carbocycles. The Balaban J connectivity index is 1.73. The van der Waals surface area contributed by atoms with Gasteiger partial charge in [0.05, 0.1) is 5.75 Å². The fourth-order valence-corrected chi connectivity index (χ4v) is 3.48. The van der Waals surface area contributed by atoms with Crippen molar-refractivity contribution in [1.82, 2.24) is 5.32 Å². The maximum atomic E-state index is 12.2. The molecular weight excluding hydrogens is 310 g/mol. The third-order valence-corrected chi connectivity index (χ3v) is 5.20. The third kappa shape index (κ3) is 5.90. The monoisotopic (exact) mass is 335 g/mol. The zero-order valence-corrected chi connectivity index (χ0v) is 14.6. The first-order valence-electron chi connectivity index (χ1n) is 8.24. The van der Waals surface area contributed by atoms with E-state index in [1.807, 2.05) is 30.3 Å². The van der Waals surface area contributed by atoms with Crippen molar-refractivity contribution in [1.29, 1.82) is 0 Å². The van der Waals surface area contributed by atoms with Gasteiger partial charge in [-0.15, -0.1) is 11.8 Å². The zero-order chi connectivity index (χ0) is 16.7. The number of nitrogens with one attached hydrogen (secondary N) is 1. The lowest BCUT2D eigenvalue weighted by atomic mass is 9.86. The molecule has 5 heteroatoms. The first-order valence-corrected chi connectivity index (χ1v) is 9.22. The molecule has 3 atom stereocenters. The molecule has 1 aliphatic rings. The molecule has 0 spiro atoms. The number of benzene rings is 1. The van der Waals surface area contributed by atoms with Crippen LogP contribution in [0.3, 0.4) is 0 Å². The third-order valence-electron chi connectivity index (χ3n) is 4.22. The largest absolute Gasteiger partial charge is 0.452 e. The van der Waals surface area contributed by atoms with E-state index in [0.29, 0.717) is 5.92 Å². The van der Waals surface area contributed by atoms with E-state index in [0.717, 1.165) is 24.2 Å². The highest BCUT2D eigenvalue weighted by molar-refractivity contribution is 8.00. The molecule has 0 aliphatic heterocycles. The maximum absolute atomic E-state index is 12.2. The molecule has 0 unspecified atom stereocenters. The van der Waals surface area contributed by atoms with E-state index in [9.17, 15) is 9.59 Å². The molecular formula is C18H25NO3S. The van der Waals surface area contributed by atoms with Gasteiger partial charge in [-0.2, -0.15) is 0 Å². The smallest absolute Gasteiger partial charge is 0.317 e. The van der Waals surface area contributed by atoms with Crippen molar-refractivity contribution >= 4 is 23.6 Å². The van der Waals surface area contributed by atoms with E-state index in [4.69, 9.17) is 4.74 Å². The summed E-state index contributed by atoms with van der Waals surface area (Å²) in [5.41, 5.74) is 0. The number of carbonyl (C=O) groups is 2. The van der Waals surface area contributed by atoms with E-state index in [1.165, 1.54) is 18.2 Å². The number of ether oxygens (including phenoxy) is 1. The van der Waals surface area contributed by atoms with Crippen LogP contribution >= 0.6 is 11.8 Å². The number of esters is 1. The minimum absolute atomic E-state index is 0.193. The fraction of sp³-hybridized carbons (Fsp3) is 0.556. The van der Waals surface area contributed by atoms with E-state index >= 15 is 0 Å². The second-order valence-corrected chi connectivity index (χ2v) is 7.16. The Morgan fingerprint density at radius 2 is 1.96 bits per heavy atom. The van der Waals surface area contributed by atoms with Crippen LogP contribution < -0.4 is 5.32 Å². The summed E-state index contributed by atoms with van der Waals surface area (Å²) in [5.74, 6) is 0.144. The Morgan fingerprint density at radius 3 is 2.65 bits per heavy atom. The maximum Gasteiger partial charge on any atom is 0.317 e. The summed E-state index contributed by atoms with van der Waals surface area (Å²) < 4.78 is 5.24. The molecule has 1 amide bonds. The average molecular weight is 335 g/mol. The summed E-state index contributed by atoms with van der Waals surface area (Å²) in [6.07, 6.45) is 3.80. The van der Waals surface area contributed by atoms with Crippen LogP contribution in [0.1, 0.15) is 39.5 Å². The van der Waals surface area contributed by atoms with Crippen molar-refractivity contribution in [2.45, 2.75) is 56.6 Å². The summed E-state index contributed by atoms with van der Waals surface area (Å²) in [5, 5.41) is 3.02. The molecule has 0 bridgehead atoms. The molecule has 126 valence electrons. The minimum atomic E-state index is -0.743. The number of carbonyl (C=O) groups excluding carboxylic acids is 2. The van der Waals surface area contributed by atoms with Crippen molar-refractivity contribution in [3.63, 3.8) is 0 Å². The van der Waals surface area contributed by atoms with Crippen molar-refractivity contribution in [3.05, 3.63) is 30.3 Å². The van der Waals surface area contributed by atoms with Crippen LogP contribution in [0.4, 0.5) is 0 Å². The van der Waals surface area contributed by atoms with Crippen molar-refractivity contribution in [2.24, 2.45) is 5.92 Å². The van der Waals surface area contributed by atoms with Gasteiger partial charge >= 0.3 is 5.97 Å². The van der Waals surface area contributed by atoms with E-state index in [-0.39, 0.29) is 23.7 Å². The van der Waals surface area contributed by atoms with Gasteiger partial charge < -0.3 is 10.1 Å². The first-order chi connectivity index (χ1) is 11.1. The standard InChI is InChI=1S/C18H25NO3S/c1-13-8-6-7-11-16(13)19-18(21)14(2)22-17(20)12-23-15-9-4-3-5-10-15/h3-5,9-10,13-14,16H,6-8,11-12H2,1-2H3,(H,19,21)/t13-,14-,16+/m1/s1. The number of hydrogen-bond acceptors (Lipinski definition) is 4. The molecule has 1 aromatic rings. The molecule has 0 aromatic heterocycles. The van der Waals surface area contributed by atoms with Crippen molar-refractivity contribution < 1.29 is 14.3 Å². The number of thioether (sulfide) groups is 1. The summed E-state index contributed by atoms with van der Waals surface area (Å²) in [6, 6.07) is 9.87. The van der Waals surface area contributed by atoms with E-state index in [1.54, 1.807) is 6.92 Å². The van der Waals surface area contributed by atoms with Gasteiger partial charge in [0.2, 0.25) is 0 Å². The Morgan fingerprint density at radius 1 is 1.26 bits per heavy atom. The predicted molar refractivity (Wildman–Crippen MR) is 92.3 cm³/mol. The second kappa shape index (κ2) is 8.96. The first kappa shape index (κ1) is 17.9. The summed E-state index contributed by atoms with van der Waals surface area (Å²) in [7, 11) is 0. The molecule has 0 radical (unpaired) electrons. The summed E-state index contributed by atoms with van der Waals surface area (Å²) in [4.78, 5) is 25.0.